The Bertz CT molecular complexity index is 751. The zero-order valence-corrected chi connectivity index (χ0v) is 15.2. The standard InChI is InChI=1S/C18H26N6O/c1-4-24-15(2)17(12-20-24)5-6-18(25)23-9-7-22(8-10-23)14-16-11-19-21(3)13-16/h5-6,11-13H,4,7-10,14H2,1-3H3/b6-5+. The van der Waals surface area contributed by atoms with E-state index in [2.05, 4.69) is 22.0 Å². The molecule has 0 spiro atoms. The molecule has 25 heavy (non-hydrogen) atoms. The molecule has 3 rings (SSSR count). The van der Waals surface area contributed by atoms with Gasteiger partial charge in [-0.15, -0.1) is 0 Å². The highest BCUT2D eigenvalue weighted by Gasteiger charge is 2.20. The lowest BCUT2D eigenvalue weighted by Crippen LogP contribution is -2.47. The first-order valence-corrected chi connectivity index (χ1v) is 8.76. The Hall–Kier alpha value is -2.41. The maximum atomic E-state index is 12.4. The minimum atomic E-state index is 0.0738. The topological polar surface area (TPSA) is 59.2 Å². The van der Waals surface area contributed by atoms with Crippen LogP contribution in [0.3, 0.4) is 0 Å². The van der Waals surface area contributed by atoms with Crippen LogP contribution in [0.1, 0.15) is 23.7 Å². The Morgan fingerprint density at radius 2 is 1.96 bits per heavy atom. The quantitative estimate of drug-likeness (QED) is 0.769. The van der Waals surface area contributed by atoms with Gasteiger partial charge in [0, 0.05) is 75.4 Å². The number of nitrogens with zero attached hydrogens (tertiary/aromatic N) is 6. The second kappa shape index (κ2) is 7.65. The predicted octanol–water partition coefficient (Wildman–Crippen LogP) is 1.30. The molecule has 0 aliphatic carbocycles. The van der Waals surface area contributed by atoms with Crippen LogP contribution in [0.5, 0.6) is 0 Å². The monoisotopic (exact) mass is 342 g/mol. The van der Waals surface area contributed by atoms with E-state index in [0.29, 0.717) is 0 Å². The number of amides is 1. The van der Waals surface area contributed by atoms with E-state index in [1.54, 1.807) is 6.08 Å². The molecule has 0 aromatic carbocycles. The van der Waals surface area contributed by atoms with Gasteiger partial charge in [-0.1, -0.05) is 0 Å². The normalized spacial score (nSPS) is 16.0. The fraction of sp³-hybridized carbons (Fsp3) is 0.500. The van der Waals surface area contributed by atoms with Gasteiger partial charge in [-0.2, -0.15) is 10.2 Å². The van der Waals surface area contributed by atoms with E-state index >= 15 is 0 Å². The van der Waals surface area contributed by atoms with Crippen molar-refractivity contribution in [3.05, 3.63) is 41.5 Å². The summed E-state index contributed by atoms with van der Waals surface area (Å²) < 4.78 is 3.75. The van der Waals surface area contributed by atoms with E-state index in [-0.39, 0.29) is 5.91 Å². The van der Waals surface area contributed by atoms with Gasteiger partial charge >= 0.3 is 0 Å². The highest BCUT2D eigenvalue weighted by molar-refractivity contribution is 5.92. The Labute approximate surface area is 148 Å². The molecule has 0 bridgehead atoms. The molecule has 1 aliphatic rings. The molecule has 1 fully saturated rings. The Morgan fingerprint density at radius 3 is 2.56 bits per heavy atom. The molecule has 0 radical (unpaired) electrons. The minimum absolute atomic E-state index is 0.0738. The van der Waals surface area contributed by atoms with Crippen LogP contribution in [0, 0.1) is 6.92 Å². The number of aryl methyl sites for hydroxylation is 2. The summed E-state index contributed by atoms with van der Waals surface area (Å²) in [6.07, 6.45) is 9.30. The molecule has 134 valence electrons. The SMILES string of the molecule is CCn1ncc(/C=C/C(=O)N2CCN(Cc3cnn(C)c3)CC2)c1C. The fourth-order valence-electron chi connectivity index (χ4n) is 3.15. The van der Waals surface area contributed by atoms with Gasteiger partial charge in [0.2, 0.25) is 5.91 Å². The van der Waals surface area contributed by atoms with Crippen molar-refractivity contribution in [3.63, 3.8) is 0 Å². The first-order valence-electron chi connectivity index (χ1n) is 8.76. The average molecular weight is 342 g/mol. The summed E-state index contributed by atoms with van der Waals surface area (Å²) in [4.78, 5) is 16.7. The lowest BCUT2D eigenvalue weighted by Gasteiger charge is -2.34. The third-order valence-electron chi connectivity index (χ3n) is 4.69. The second-order valence-electron chi connectivity index (χ2n) is 6.46. The highest BCUT2D eigenvalue weighted by atomic mass is 16.2. The number of hydrogen-bond donors (Lipinski definition) is 0. The van der Waals surface area contributed by atoms with Crippen LogP contribution < -0.4 is 0 Å². The maximum absolute atomic E-state index is 12.4. The Morgan fingerprint density at radius 1 is 1.20 bits per heavy atom. The van der Waals surface area contributed by atoms with Crippen LogP contribution in [0.4, 0.5) is 0 Å². The van der Waals surface area contributed by atoms with Gasteiger partial charge in [-0.3, -0.25) is 19.1 Å². The summed E-state index contributed by atoms with van der Waals surface area (Å²) in [6.45, 7) is 9.12. The number of carbonyl (C=O) groups excluding carboxylic acids is 1. The number of piperazine rings is 1. The molecule has 7 heteroatoms. The molecule has 0 saturated carbocycles. The molecular weight excluding hydrogens is 316 g/mol. The van der Waals surface area contributed by atoms with Gasteiger partial charge in [0.15, 0.2) is 0 Å². The van der Waals surface area contributed by atoms with Crippen molar-refractivity contribution in [2.24, 2.45) is 7.05 Å². The van der Waals surface area contributed by atoms with Crippen molar-refractivity contribution in [3.8, 4) is 0 Å². The molecule has 1 aliphatic heterocycles. The van der Waals surface area contributed by atoms with Gasteiger partial charge in [-0.05, 0) is 19.9 Å². The van der Waals surface area contributed by atoms with Crippen LogP contribution in [-0.2, 0) is 24.9 Å². The molecule has 1 saturated heterocycles. The van der Waals surface area contributed by atoms with Crippen LogP contribution in [0.2, 0.25) is 0 Å². The van der Waals surface area contributed by atoms with Crippen molar-refractivity contribution in [2.75, 3.05) is 26.2 Å². The first-order chi connectivity index (χ1) is 12.1. The van der Waals surface area contributed by atoms with E-state index in [4.69, 9.17) is 0 Å². The minimum Gasteiger partial charge on any atom is -0.337 e. The molecule has 0 unspecified atom stereocenters. The molecular formula is C18H26N6O. The van der Waals surface area contributed by atoms with Gasteiger partial charge in [0.05, 0.1) is 12.4 Å². The fourth-order valence-corrected chi connectivity index (χ4v) is 3.15. The van der Waals surface area contributed by atoms with Crippen molar-refractivity contribution < 1.29 is 4.79 Å². The summed E-state index contributed by atoms with van der Waals surface area (Å²) in [7, 11) is 1.93. The summed E-state index contributed by atoms with van der Waals surface area (Å²) in [6, 6.07) is 0. The van der Waals surface area contributed by atoms with Crippen molar-refractivity contribution in [1.82, 2.24) is 29.4 Å². The average Bonchev–Trinajstić information content (AvgIpc) is 3.18. The third kappa shape index (κ3) is 4.17. The second-order valence-corrected chi connectivity index (χ2v) is 6.46. The van der Waals surface area contributed by atoms with Crippen LogP contribution in [0.15, 0.2) is 24.7 Å². The molecule has 1 amide bonds. The van der Waals surface area contributed by atoms with E-state index < -0.39 is 0 Å². The van der Waals surface area contributed by atoms with Crippen LogP contribution in [-0.4, -0.2) is 61.4 Å². The smallest absolute Gasteiger partial charge is 0.246 e. The molecule has 2 aromatic rings. The third-order valence-corrected chi connectivity index (χ3v) is 4.69. The van der Waals surface area contributed by atoms with Crippen LogP contribution in [0.25, 0.3) is 6.08 Å². The van der Waals surface area contributed by atoms with E-state index in [0.717, 1.165) is 50.5 Å². The van der Waals surface area contributed by atoms with Crippen molar-refractivity contribution in [2.45, 2.75) is 26.9 Å². The van der Waals surface area contributed by atoms with Gasteiger partial charge in [-0.25, -0.2) is 0 Å². The lowest BCUT2D eigenvalue weighted by atomic mass is 10.2. The van der Waals surface area contributed by atoms with Crippen molar-refractivity contribution in [1.29, 1.82) is 0 Å². The zero-order valence-electron chi connectivity index (χ0n) is 15.2. The van der Waals surface area contributed by atoms with Gasteiger partial charge in [0.25, 0.3) is 0 Å². The molecule has 3 heterocycles. The molecule has 0 N–H and O–H groups in total. The summed E-state index contributed by atoms with van der Waals surface area (Å²) in [5.41, 5.74) is 3.31. The van der Waals surface area contributed by atoms with E-state index in [1.807, 2.05) is 52.9 Å². The number of aromatic nitrogens is 4. The zero-order chi connectivity index (χ0) is 17.8. The number of hydrogen-bond acceptors (Lipinski definition) is 4. The summed E-state index contributed by atoms with van der Waals surface area (Å²) >= 11 is 0. The van der Waals surface area contributed by atoms with Gasteiger partial charge < -0.3 is 4.90 Å². The molecule has 0 atom stereocenters. The first kappa shape index (κ1) is 17.4. The molecule has 2 aromatic heterocycles. The van der Waals surface area contributed by atoms with E-state index in [1.165, 1.54) is 5.56 Å². The maximum Gasteiger partial charge on any atom is 0.246 e. The van der Waals surface area contributed by atoms with Crippen LogP contribution >= 0.6 is 0 Å². The number of carbonyl (C=O) groups is 1. The summed E-state index contributed by atoms with van der Waals surface area (Å²) in [5.74, 6) is 0.0738. The predicted molar refractivity (Wildman–Crippen MR) is 96.7 cm³/mol. The van der Waals surface area contributed by atoms with E-state index in [9.17, 15) is 4.79 Å². The summed E-state index contributed by atoms with van der Waals surface area (Å²) in [5, 5.41) is 8.51. The largest absolute Gasteiger partial charge is 0.337 e. The molecule has 7 nitrogen and oxygen atoms in total. The number of rotatable bonds is 5. The van der Waals surface area contributed by atoms with Gasteiger partial charge in [0.1, 0.15) is 0 Å². The Kier molecular flexibility index (Phi) is 5.33. The lowest BCUT2D eigenvalue weighted by molar-refractivity contribution is -0.127. The Balaban J connectivity index is 1.51. The van der Waals surface area contributed by atoms with Crippen molar-refractivity contribution >= 4 is 12.0 Å². The highest BCUT2D eigenvalue weighted by Crippen LogP contribution is 2.11.